The van der Waals surface area contributed by atoms with Gasteiger partial charge in [0.05, 0.1) is 60.0 Å². The fourth-order valence-electron chi connectivity index (χ4n) is 21.9. The number of nitrogens with one attached hydrogen (secondary N) is 1. The maximum absolute atomic E-state index is 14.3. The SMILES string of the molecule is C=CCc1ccc(O[C@H]2O[C@H]3[C@@H](O)[C@H](O)[C@]24C[C@H]([C@H](O)CC#CO[C@H]3CCCO)[C@@]2(C=C[C@@H]3[C@@](O)(C[C@H]5[C@H](c6ccc(C(=O)O)cc6)CC[C@@H]6CCC[C@]635)C2)C=C(CC[C@H]2N[C@H]3c5c(ccc6cccc(c56)C[C@@H]3O)[C@@H]2C2CCCC2)O4)cc1C[C@@H](COC)[C@@H](CO)n1ccc(C#N)c1. The normalized spacial score (nSPS) is 36.3. The molecule has 6 heterocycles. The molecule has 5 aliphatic heterocycles. The van der Waals surface area contributed by atoms with Gasteiger partial charge in [-0.15, -0.1) is 6.58 Å². The van der Waals surface area contributed by atoms with Crippen LogP contribution >= 0.6 is 0 Å². The Balaban J connectivity index is 0.871. The Morgan fingerprint density at radius 2 is 1.79 bits per heavy atom. The molecule has 17 heteroatoms. The quantitative estimate of drug-likeness (QED) is 0.0259. The zero-order chi connectivity index (χ0) is 68.5. The summed E-state index contributed by atoms with van der Waals surface area (Å²) in [5, 5.41) is 114. The van der Waals surface area contributed by atoms with E-state index in [2.05, 4.69) is 78.6 Å². The lowest BCUT2D eigenvalue weighted by molar-refractivity contribution is -0.337. The van der Waals surface area contributed by atoms with E-state index in [1.54, 1.807) is 37.7 Å². The molecule has 0 amide bonds. The average molecular weight is 1350 g/mol. The molecule has 5 aromatic rings. The third-order valence-corrected chi connectivity index (χ3v) is 26.1. The summed E-state index contributed by atoms with van der Waals surface area (Å²) in [6.07, 6.45) is 18.1. The van der Waals surface area contributed by atoms with E-state index in [1.165, 1.54) is 16.5 Å². The van der Waals surface area contributed by atoms with Crippen LogP contribution in [0.25, 0.3) is 10.8 Å². The number of nitrogens with zero attached hydrogens (tertiary/aromatic N) is 2. The number of rotatable bonds is 20. The lowest BCUT2D eigenvalue weighted by atomic mass is 9.52. The van der Waals surface area contributed by atoms with E-state index in [-0.39, 0.29) is 105 Å². The summed E-state index contributed by atoms with van der Waals surface area (Å²) < 4.78 is 36.5. The van der Waals surface area contributed by atoms with Crippen LogP contribution in [0.2, 0.25) is 0 Å². The van der Waals surface area contributed by atoms with E-state index in [1.807, 2.05) is 41.0 Å². The molecule has 16 rings (SSSR count). The molecule has 21 atom stereocenters. The second-order valence-electron chi connectivity index (χ2n) is 31.2. The number of aliphatic hydroxyl groups excluding tert-OH is 6. The van der Waals surface area contributed by atoms with Crippen LogP contribution in [-0.2, 0) is 38.2 Å². The molecule has 524 valence electrons. The van der Waals surface area contributed by atoms with Gasteiger partial charge in [0.1, 0.15) is 42.3 Å². The number of hydrogen-bond donors (Lipinski definition) is 9. The minimum atomic E-state index is -2.00. The number of aromatic nitrogens is 1. The molecule has 99 heavy (non-hydrogen) atoms. The van der Waals surface area contributed by atoms with Gasteiger partial charge in [0.2, 0.25) is 6.29 Å². The van der Waals surface area contributed by atoms with E-state index in [9.17, 15) is 50.9 Å². The highest BCUT2D eigenvalue weighted by molar-refractivity contribution is 5.92. The average Bonchev–Trinajstić information content (AvgIpc) is 1.53. The van der Waals surface area contributed by atoms with Gasteiger partial charge >= 0.3 is 5.97 Å². The summed E-state index contributed by atoms with van der Waals surface area (Å²) in [4.78, 5) is 12.2. The largest absolute Gasteiger partial charge is 0.482 e. The molecule has 4 aromatic carbocycles. The van der Waals surface area contributed by atoms with E-state index in [0.717, 1.165) is 85.4 Å². The van der Waals surface area contributed by atoms with Gasteiger partial charge in [-0.05, 0) is 193 Å². The molecule has 0 radical (unpaired) electrons. The van der Waals surface area contributed by atoms with Crippen molar-refractivity contribution in [2.24, 2.45) is 46.3 Å². The standard InChI is InChI=1S/C82H97N3O14/c1-3-10-49-22-25-58(38-55(49)37-56(46-95-2)65(45-87)85-34-31-48(43-83)44-85)97-78-82-42-63(66(88)16-9-36-96-68(17-8-35-86)75(98-78)74(90)76(82)91)79(33-30-69-80(94,47-79)41-62-60(28-24-57-15-7-32-81(57,62)69)50-18-20-53(21-19-50)77(92)93)40-59(99-82)26-29-64-71(51-11-4-5-12-51)61-27-23-52-13-6-14-54-39-67(89)73(84-64)72(61)70(52)54/h3,6,13-14,18-23,25,27,30-31,33-34,38,40,44,51,56-57,60,62-69,71,73-76,78,84,86-91,94H,1,4-5,7-8,10-12,15-17,24,26,28-29,32,35,37,39,41-42,45-47H2,2H3,(H,92,93)/t56-,57-,60-,62-,63+,64+,65+,66+,67-,68-,69+,71-,73+,74+,75+,76-,78-,79-,80+,81+,82+/m0/s1. The fourth-order valence-corrected chi connectivity index (χ4v) is 21.9. The maximum atomic E-state index is 14.3. The Kier molecular flexibility index (Phi) is 18.9. The van der Waals surface area contributed by atoms with Crippen LogP contribution in [0.5, 0.6) is 5.75 Å². The summed E-state index contributed by atoms with van der Waals surface area (Å²) in [5.41, 5.74) is 2.44. The zero-order valence-electron chi connectivity index (χ0n) is 56.8. The Labute approximate surface area is 580 Å². The molecule has 0 unspecified atom stereocenters. The molecule has 5 fully saturated rings. The van der Waals surface area contributed by atoms with Crippen molar-refractivity contribution >= 4 is 16.7 Å². The fraction of sp³-hybridized carbons (Fsp3) is 0.561. The summed E-state index contributed by atoms with van der Waals surface area (Å²) >= 11 is 0. The van der Waals surface area contributed by atoms with Crippen LogP contribution in [0.4, 0.5) is 0 Å². The van der Waals surface area contributed by atoms with E-state index in [4.69, 9.17) is 23.7 Å². The van der Waals surface area contributed by atoms with Crippen molar-refractivity contribution in [2.75, 3.05) is 26.9 Å². The lowest BCUT2D eigenvalue weighted by Gasteiger charge is -2.54. The zero-order valence-corrected chi connectivity index (χ0v) is 56.8. The van der Waals surface area contributed by atoms with Crippen LogP contribution < -0.4 is 10.1 Å². The third-order valence-electron chi connectivity index (χ3n) is 26.1. The number of carboxylic acid groups (broad SMARTS) is 1. The highest BCUT2D eigenvalue weighted by Gasteiger charge is 2.71. The number of hydrogen-bond acceptors (Lipinski definition) is 15. The highest BCUT2D eigenvalue weighted by atomic mass is 16.7. The molecule has 4 saturated carbocycles. The van der Waals surface area contributed by atoms with E-state index >= 15 is 0 Å². The van der Waals surface area contributed by atoms with Gasteiger partial charge in [0.15, 0.2) is 5.60 Å². The van der Waals surface area contributed by atoms with Crippen molar-refractivity contribution in [3.05, 3.63) is 172 Å². The molecule has 11 aliphatic rings. The topological polar surface area (TPSA) is 266 Å². The molecule has 9 N–H and O–H groups in total. The Hall–Kier alpha value is -6.84. The minimum absolute atomic E-state index is 0.0611. The first-order chi connectivity index (χ1) is 48.1. The van der Waals surface area contributed by atoms with Gasteiger partial charge in [-0.3, -0.25) is 0 Å². The van der Waals surface area contributed by atoms with Crippen molar-refractivity contribution in [1.82, 2.24) is 9.88 Å². The number of carboxylic acids is 1. The highest BCUT2D eigenvalue weighted by Crippen LogP contribution is 2.74. The number of ether oxygens (including phenoxy) is 5. The van der Waals surface area contributed by atoms with Crippen LogP contribution in [0, 0.1) is 69.7 Å². The third kappa shape index (κ3) is 11.9. The Morgan fingerprint density at radius 1 is 0.949 bits per heavy atom. The smallest absolute Gasteiger partial charge is 0.335 e. The van der Waals surface area contributed by atoms with E-state index < -0.39 is 77.5 Å². The van der Waals surface area contributed by atoms with Gasteiger partial charge in [-0.1, -0.05) is 91.9 Å². The van der Waals surface area contributed by atoms with Crippen molar-refractivity contribution in [3.63, 3.8) is 0 Å². The van der Waals surface area contributed by atoms with Crippen LogP contribution in [0.15, 0.2) is 128 Å². The summed E-state index contributed by atoms with van der Waals surface area (Å²) in [7, 11) is 1.62. The number of aromatic carboxylic acids is 1. The van der Waals surface area contributed by atoms with Gasteiger partial charge < -0.3 is 74.4 Å². The second-order valence-corrected chi connectivity index (χ2v) is 31.2. The lowest BCUT2D eigenvalue weighted by Crippen LogP contribution is -2.71. The number of aliphatic hydroxyl groups is 7. The molecule has 3 spiro atoms. The number of carbonyl (C=O) groups is 1. The van der Waals surface area contributed by atoms with Crippen LogP contribution in [-0.4, -0.2) is 138 Å². The van der Waals surface area contributed by atoms with Gasteiger partial charge in [-0.2, -0.15) is 5.26 Å². The molecular weight excluding hydrogens is 1250 g/mol. The summed E-state index contributed by atoms with van der Waals surface area (Å²) in [6.45, 7) is 3.92. The van der Waals surface area contributed by atoms with Crippen molar-refractivity contribution in [1.29, 1.82) is 5.26 Å². The maximum Gasteiger partial charge on any atom is 0.335 e. The van der Waals surface area contributed by atoms with Crippen LogP contribution in [0.1, 0.15) is 182 Å². The van der Waals surface area contributed by atoms with Gasteiger partial charge in [-0.25, -0.2) is 4.79 Å². The first kappa shape index (κ1) is 68.0. The second kappa shape index (κ2) is 27.5. The molecule has 1 aromatic heterocycles. The van der Waals surface area contributed by atoms with Crippen molar-refractivity contribution in [2.45, 2.75) is 212 Å². The minimum Gasteiger partial charge on any atom is -0.482 e. The predicted molar refractivity (Wildman–Crippen MR) is 371 cm³/mol. The number of benzene rings is 4. The molecule has 6 aliphatic carbocycles. The van der Waals surface area contributed by atoms with E-state index in [0.29, 0.717) is 67.4 Å². The summed E-state index contributed by atoms with van der Waals surface area (Å²) in [5.74, 6) is 2.49. The van der Waals surface area contributed by atoms with Gasteiger partial charge in [0, 0.05) is 86.9 Å². The Bertz CT molecular complexity index is 3990. The van der Waals surface area contributed by atoms with Gasteiger partial charge in [0.25, 0.3) is 0 Å². The first-order valence-corrected chi connectivity index (χ1v) is 36.7. The van der Waals surface area contributed by atoms with Crippen molar-refractivity contribution in [3.8, 4) is 23.8 Å². The molecule has 17 nitrogen and oxygen atoms in total. The first-order valence-electron chi connectivity index (χ1n) is 36.7. The molecule has 3 bridgehead atoms. The number of nitriles is 1. The Morgan fingerprint density at radius 3 is 2.56 bits per heavy atom. The number of allylic oxidation sites excluding steroid dienone is 4. The molecular formula is C82H97N3O14. The molecule has 1 saturated heterocycles. The number of methoxy groups -OCH3 is 1. The predicted octanol–water partition coefficient (Wildman–Crippen LogP) is 10.7. The van der Waals surface area contributed by atoms with Crippen LogP contribution in [0.3, 0.4) is 0 Å². The number of fused-ring (bicyclic) bond motifs is 7. The summed E-state index contributed by atoms with van der Waals surface area (Å²) in [6, 6.07) is 27.0. The monoisotopic (exact) mass is 1350 g/mol. The van der Waals surface area contributed by atoms with Crippen molar-refractivity contribution < 1.29 is 69.3 Å².